The maximum Gasteiger partial charge on any atom is 0.278 e. The molecule has 0 saturated heterocycles. The van der Waals surface area contributed by atoms with Gasteiger partial charge in [-0.3, -0.25) is 0 Å². The van der Waals surface area contributed by atoms with Gasteiger partial charge in [0.1, 0.15) is 11.8 Å². The fourth-order valence-corrected chi connectivity index (χ4v) is 2.66. The minimum absolute atomic E-state index is 0.386. The van der Waals surface area contributed by atoms with Crippen molar-refractivity contribution in [1.29, 1.82) is 0 Å². The second-order valence-corrected chi connectivity index (χ2v) is 5.25. The Balaban J connectivity index is 1.74. The largest absolute Gasteiger partial charge is 0.477 e. The molecule has 3 rings (SSSR count). The molecule has 0 bridgehead atoms. The molecule has 0 aliphatic carbocycles. The van der Waals surface area contributed by atoms with Crippen LogP contribution in [0, 0.1) is 0 Å². The molecule has 0 saturated carbocycles. The van der Waals surface area contributed by atoms with E-state index in [4.69, 9.17) is 14.0 Å². The van der Waals surface area contributed by atoms with Gasteiger partial charge in [-0.2, -0.15) is 0 Å². The zero-order chi connectivity index (χ0) is 14.7. The molecular weight excluding hydrogens is 290 g/mol. The quantitative estimate of drug-likeness (QED) is 0.671. The number of hydrogen-bond donors (Lipinski definition) is 0. The molecule has 0 aliphatic rings. The monoisotopic (exact) mass is 303 g/mol. The van der Waals surface area contributed by atoms with Gasteiger partial charge in [0.2, 0.25) is 0 Å². The third-order valence-corrected chi connectivity index (χ3v) is 3.89. The molecule has 0 aliphatic heterocycles. The Labute approximate surface area is 125 Å². The summed E-state index contributed by atoms with van der Waals surface area (Å²) in [7, 11) is 3.08. The Bertz CT molecular complexity index is 760. The summed E-state index contributed by atoms with van der Waals surface area (Å²) in [6, 6.07) is 5.97. The predicted molar refractivity (Wildman–Crippen MR) is 78.7 cm³/mol. The maximum atomic E-state index is 5.15. The normalized spacial score (nSPS) is 10.8. The first-order chi connectivity index (χ1) is 10.3. The molecule has 6 nitrogen and oxygen atoms in total. The van der Waals surface area contributed by atoms with Crippen LogP contribution in [0.4, 0.5) is 0 Å². The van der Waals surface area contributed by atoms with Gasteiger partial charge in [0, 0.05) is 16.0 Å². The summed E-state index contributed by atoms with van der Waals surface area (Å²) in [6.07, 6.45) is 3.32. The maximum absolute atomic E-state index is 5.15. The molecule has 0 spiro atoms. The number of thioether (sulfide) groups is 1. The van der Waals surface area contributed by atoms with Crippen LogP contribution in [0.1, 0.15) is 5.69 Å². The Morgan fingerprint density at radius 3 is 2.86 bits per heavy atom. The highest BCUT2D eigenvalue weighted by Gasteiger charge is 2.09. The molecule has 0 N–H and O–H groups in total. The SMILES string of the molecule is COc1ncc(CSc2ccc3nocc3c2)nc1OC. The van der Waals surface area contributed by atoms with Gasteiger partial charge in [-0.1, -0.05) is 5.16 Å². The molecule has 0 atom stereocenters. The van der Waals surface area contributed by atoms with Gasteiger partial charge < -0.3 is 14.0 Å². The number of ether oxygens (including phenoxy) is 2. The Kier molecular flexibility index (Phi) is 3.92. The lowest BCUT2D eigenvalue weighted by atomic mass is 10.3. The standard InChI is InChI=1S/C14H13N3O3S/c1-18-13-14(19-2)16-10(6-15-13)8-21-11-3-4-12-9(5-11)7-20-17-12/h3-7H,8H2,1-2H3. The molecule has 0 unspecified atom stereocenters. The van der Waals surface area contributed by atoms with Crippen molar-refractivity contribution in [3.8, 4) is 11.8 Å². The topological polar surface area (TPSA) is 70.3 Å². The van der Waals surface area contributed by atoms with Gasteiger partial charge >= 0.3 is 0 Å². The van der Waals surface area contributed by atoms with Crippen molar-refractivity contribution >= 4 is 22.7 Å². The van der Waals surface area contributed by atoms with Crippen LogP contribution >= 0.6 is 11.8 Å². The first kappa shape index (κ1) is 13.7. The van der Waals surface area contributed by atoms with E-state index < -0.39 is 0 Å². The first-order valence-electron chi connectivity index (χ1n) is 6.21. The molecule has 2 heterocycles. The molecule has 108 valence electrons. The average molecular weight is 303 g/mol. The van der Waals surface area contributed by atoms with E-state index in [-0.39, 0.29) is 0 Å². The van der Waals surface area contributed by atoms with Crippen molar-refractivity contribution in [3.05, 3.63) is 36.4 Å². The Morgan fingerprint density at radius 2 is 2.05 bits per heavy atom. The van der Waals surface area contributed by atoms with Crippen molar-refractivity contribution in [3.63, 3.8) is 0 Å². The van der Waals surface area contributed by atoms with Gasteiger partial charge in [-0.15, -0.1) is 11.8 Å². The van der Waals surface area contributed by atoms with Crippen LogP contribution in [-0.2, 0) is 5.75 Å². The van der Waals surface area contributed by atoms with Gasteiger partial charge in [-0.05, 0) is 18.2 Å². The second-order valence-electron chi connectivity index (χ2n) is 4.20. The summed E-state index contributed by atoms with van der Waals surface area (Å²) in [5, 5.41) is 4.87. The van der Waals surface area contributed by atoms with Crippen LogP contribution in [0.15, 0.2) is 40.1 Å². The highest BCUT2D eigenvalue weighted by atomic mass is 32.2. The molecule has 0 fully saturated rings. The smallest absolute Gasteiger partial charge is 0.278 e. The van der Waals surface area contributed by atoms with Gasteiger partial charge in [0.25, 0.3) is 11.8 Å². The van der Waals surface area contributed by atoms with Gasteiger partial charge in [0.15, 0.2) is 0 Å². The summed E-state index contributed by atoms with van der Waals surface area (Å²) in [5.41, 5.74) is 1.67. The van der Waals surface area contributed by atoms with E-state index in [1.165, 1.54) is 7.11 Å². The van der Waals surface area contributed by atoms with E-state index in [1.54, 1.807) is 31.3 Å². The highest BCUT2D eigenvalue weighted by Crippen LogP contribution is 2.27. The number of rotatable bonds is 5. The van der Waals surface area contributed by atoms with E-state index in [9.17, 15) is 0 Å². The van der Waals surface area contributed by atoms with Crippen molar-refractivity contribution in [2.24, 2.45) is 0 Å². The zero-order valence-corrected chi connectivity index (χ0v) is 12.4. The van der Waals surface area contributed by atoms with Crippen LogP contribution in [0.5, 0.6) is 11.8 Å². The van der Waals surface area contributed by atoms with E-state index in [2.05, 4.69) is 15.1 Å². The van der Waals surface area contributed by atoms with Crippen molar-refractivity contribution < 1.29 is 14.0 Å². The molecule has 0 amide bonds. The lowest BCUT2D eigenvalue weighted by molar-refractivity contribution is 0.330. The minimum atomic E-state index is 0.386. The number of aromatic nitrogens is 3. The molecule has 7 heteroatoms. The Hall–Kier alpha value is -2.28. The van der Waals surface area contributed by atoms with E-state index in [0.717, 1.165) is 21.5 Å². The summed E-state index contributed by atoms with van der Waals surface area (Å²) in [4.78, 5) is 9.66. The lowest BCUT2D eigenvalue weighted by Gasteiger charge is -2.07. The minimum Gasteiger partial charge on any atom is -0.477 e. The summed E-state index contributed by atoms with van der Waals surface area (Å²) >= 11 is 1.66. The van der Waals surface area contributed by atoms with Crippen LogP contribution in [-0.4, -0.2) is 29.3 Å². The molecule has 2 aromatic heterocycles. The summed E-state index contributed by atoms with van der Waals surface area (Å²) < 4.78 is 15.1. The third-order valence-electron chi connectivity index (χ3n) is 2.86. The molecule has 3 aromatic rings. The summed E-state index contributed by atoms with van der Waals surface area (Å²) in [6.45, 7) is 0. The lowest BCUT2D eigenvalue weighted by Crippen LogP contribution is -1.99. The van der Waals surface area contributed by atoms with Crippen LogP contribution in [0.2, 0.25) is 0 Å². The number of fused-ring (bicyclic) bond motifs is 1. The van der Waals surface area contributed by atoms with Crippen LogP contribution in [0.3, 0.4) is 0 Å². The number of benzene rings is 1. The first-order valence-corrected chi connectivity index (χ1v) is 7.19. The van der Waals surface area contributed by atoms with Crippen LogP contribution < -0.4 is 9.47 Å². The number of hydrogen-bond acceptors (Lipinski definition) is 7. The van der Waals surface area contributed by atoms with Gasteiger partial charge in [0.05, 0.1) is 26.1 Å². The molecule has 1 aromatic carbocycles. The average Bonchev–Trinajstić information content (AvgIpc) is 3.00. The number of nitrogens with zero attached hydrogens (tertiary/aromatic N) is 3. The van der Waals surface area contributed by atoms with Crippen molar-refractivity contribution in [1.82, 2.24) is 15.1 Å². The predicted octanol–water partition coefficient (Wildman–Crippen LogP) is 2.93. The van der Waals surface area contributed by atoms with Crippen LogP contribution in [0.25, 0.3) is 10.9 Å². The number of methoxy groups -OCH3 is 2. The zero-order valence-electron chi connectivity index (χ0n) is 11.6. The fourth-order valence-electron chi connectivity index (χ4n) is 1.84. The highest BCUT2D eigenvalue weighted by molar-refractivity contribution is 7.98. The van der Waals surface area contributed by atoms with E-state index in [1.807, 2.05) is 18.2 Å². The van der Waals surface area contributed by atoms with E-state index in [0.29, 0.717) is 17.5 Å². The van der Waals surface area contributed by atoms with Crippen molar-refractivity contribution in [2.75, 3.05) is 14.2 Å². The van der Waals surface area contributed by atoms with Gasteiger partial charge in [-0.25, -0.2) is 9.97 Å². The van der Waals surface area contributed by atoms with Crippen molar-refractivity contribution in [2.45, 2.75) is 10.6 Å². The molecule has 21 heavy (non-hydrogen) atoms. The Morgan fingerprint density at radius 1 is 1.19 bits per heavy atom. The van der Waals surface area contributed by atoms with E-state index >= 15 is 0 Å². The fraction of sp³-hybridized carbons (Fsp3) is 0.214. The second kappa shape index (κ2) is 6.01. The molecule has 0 radical (unpaired) electrons. The molecular formula is C14H13N3O3S. The summed E-state index contributed by atoms with van der Waals surface area (Å²) in [5.74, 6) is 1.46. The third kappa shape index (κ3) is 2.92.